The molecule has 0 aliphatic rings. The molecule has 3 aromatic carbocycles. The van der Waals surface area contributed by atoms with E-state index in [1.807, 2.05) is 54.6 Å². The van der Waals surface area contributed by atoms with Crippen molar-refractivity contribution in [2.75, 3.05) is 18.2 Å². The van der Waals surface area contributed by atoms with E-state index in [0.29, 0.717) is 17.0 Å². The summed E-state index contributed by atoms with van der Waals surface area (Å²) in [6, 6.07) is 20.4. The minimum Gasteiger partial charge on any atom is -0.495 e. The third kappa shape index (κ3) is 4.12. The van der Waals surface area contributed by atoms with E-state index in [-0.39, 0.29) is 24.3 Å². The van der Waals surface area contributed by atoms with Crippen molar-refractivity contribution < 1.29 is 14.3 Å². The predicted molar refractivity (Wildman–Crippen MR) is 114 cm³/mol. The Bertz CT molecular complexity index is 1210. The molecular formula is C22H19N5O3. The van der Waals surface area contributed by atoms with Crippen LogP contribution in [0.3, 0.4) is 0 Å². The highest BCUT2D eigenvalue weighted by atomic mass is 16.5. The summed E-state index contributed by atoms with van der Waals surface area (Å²) in [5.74, 6) is 0.626. The summed E-state index contributed by atoms with van der Waals surface area (Å²) in [5, 5.41) is 4.82. The Balaban J connectivity index is 1.52. The molecule has 3 N–H and O–H groups in total. The summed E-state index contributed by atoms with van der Waals surface area (Å²) in [6.07, 6.45) is 0. The van der Waals surface area contributed by atoms with Gasteiger partial charge in [0.1, 0.15) is 5.75 Å². The zero-order valence-electron chi connectivity index (χ0n) is 16.2. The first kappa shape index (κ1) is 19.1. The maximum atomic E-state index is 12.6. The molecule has 1 aromatic heterocycles. The van der Waals surface area contributed by atoms with Gasteiger partial charge in [-0.15, -0.1) is 0 Å². The number of rotatable bonds is 6. The number of para-hydroxylation sites is 2. The van der Waals surface area contributed by atoms with Crippen LogP contribution in [0, 0.1) is 0 Å². The standard InChI is InChI=1S/C22H19N5O3/c1-29-18-12-5-4-11-17(18)24-22-26-19(25-21(23)27-22)13-30-20(28)16-10-6-8-14-7-2-3-9-15(14)16/h2-12H,13H2,1H3,(H3,23,24,25,26,27). The summed E-state index contributed by atoms with van der Waals surface area (Å²) >= 11 is 0. The first-order chi connectivity index (χ1) is 14.6. The van der Waals surface area contributed by atoms with Crippen LogP contribution < -0.4 is 15.8 Å². The zero-order valence-corrected chi connectivity index (χ0v) is 16.2. The molecule has 0 atom stereocenters. The zero-order chi connectivity index (χ0) is 20.9. The molecule has 1 heterocycles. The fourth-order valence-electron chi connectivity index (χ4n) is 3.04. The topological polar surface area (TPSA) is 112 Å². The SMILES string of the molecule is COc1ccccc1Nc1nc(N)nc(COC(=O)c2cccc3ccccc23)n1. The van der Waals surface area contributed by atoms with Crippen molar-refractivity contribution in [3.63, 3.8) is 0 Å². The Morgan fingerprint density at radius 3 is 2.60 bits per heavy atom. The number of aromatic nitrogens is 3. The summed E-state index contributed by atoms with van der Waals surface area (Å²) in [6.45, 7) is -0.143. The number of hydrogen-bond acceptors (Lipinski definition) is 8. The number of nitrogen functional groups attached to an aromatic ring is 1. The van der Waals surface area contributed by atoms with E-state index in [2.05, 4.69) is 20.3 Å². The Morgan fingerprint density at radius 2 is 1.73 bits per heavy atom. The number of carbonyl (C=O) groups is 1. The molecule has 0 unspecified atom stereocenters. The summed E-state index contributed by atoms with van der Waals surface area (Å²) < 4.78 is 10.7. The first-order valence-electron chi connectivity index (χ1n) is 9.19. The van der Waals surface area contributed by atoms with Gasteiger partial charge in [-0.2, -0.15) is 15.0 Å². The lowest BCUT2D eigenvalue weighted by atomic mass is 10.1. The van der Waals surface area contributed by atoms with E-state index < -0.39 is 5.97 Å². The van der Waals surface area contributed by atoms with Gasteiger partial charge in [0.25, 0.3) is 0 Å². The second kappa shape index (κ2) is 8.44. The van der Waals surface area contributed by atoms with Crippen molar-refractivity contribution in [3.05, 3.63) is 78.1 Å². The van der Waals surface area contributed by atoms with Crippen LogP contribution in [-0.4, -0.2) is 28.0 Å². The minimum atomic E-state index is -0.468. The van der Waals surface area contributed by atoms with Crippen LogP contribution in [0.15, 0.2) is 66.7 Å². The van der Waals surface area contributed by atoms with Gasteiger partial charge in [0.2, 0.25) is 11.9 Å². The molecule has 0 fully saturated rings. The Morgan fingerprint density at radius 1 is 0.967 bits per heavy atom. The maximum Gasteiger partial charge on any atom is 0.339 e. The molecule has 8 heteroatoms. The van der Waals surface area contributed by atoms with Gasteiger partial charge in [0.05, 0.1) is 18.4 Å². The number of benzene rings is 3. The molecule has 0 bridgehead atoms. The molecule has 30 heavy (non-hydrogen) atoms. The molecule has 0 saturated carbocycles. The van der Waals surface area contributed by atoms with Crippen molar-refractivity contribution in [2.45, 2.75) is 6.61 Å². The monoisotopic (exact) mass is 401 g/mol. The number of nitrogens with zero attached hydrogens (tertiary/aromatic N) is 3. The number of carbonyl (C=O) groups excluding carboxylic acids is 1. The molecule has 0 radical (unpaired) electrons. The summed E-state index contributed by atoms with van der Waals surface area (Å²) in [5.41, 5.74) is 6.95. The Labute approximate surface area is 172 Å². The second-order valence-electron chi connectivity index (χ2n) is 6.36. The van der Waals surface area contributed by atoms with Crippen molar-refractivity contribution in [2.24, 2.45) is 0 Å². The third-order valence-corrected chi connectivity index (χ3v) is 4.39. The highest BCUT2D eigenvalue weighted by molar-refractivity contribution is 6.04. The van der Waals surface area contributed by atoms with E-state index in [4.69, 9.17) is 15.2 Å². The largest absolute Gasteiger partial charge is 0.495 e. The maximum absolute atomic E-state index is 12.6. The molecular weight excluding hydrogens is 382 g/mol. The number of hydrogen-bond donors (Lipinski definition) is 2. The molecule has 0 aliphatic carbocycles. The highest BCUT2D eigenvalue weighted by Gasteiger charge is 2.13. The number of ether oxygens (including phenoxy) is 2. The number of esters is 1. The Hall–Kier alpha value is -4.20. The molecule has 150 valence electrons. The van der Waals surface area contributed by atoms with Crippen LogP contribution in [-0.2, 0) is 11.3 Å². The Kier molecular flexibility index (Phi) is 5.38. The van der Waals surface area contributed by atoms with Gasteiger partial charge in [-0.3, -0.25) is 0 Å². The highest BCUT2D eigenvalue weighted by Crippen LogP contribution is 2.25. The van der Waals surface area contributed by atoms with Crippen LogP contribution in [0.25, 0.3) is 10.8 Å². The van der Waals surface area contributed by atoms with E-state index >= 15 is 0 Å². The van der Waals surface area contributed by atoms with Crippen molar-refractivity contribution in [1.29, 1.82) is 0 Å². The van der Waals surface area contributed by atoms with Crippen LogP contribution in [0.2, 0.25) is 0 Å². The number of methoxy groups -OCH3 is 1. The van der Waals surface area contributed by atoms with Crippen LogP contribution in [0.5, 0.6) is 5.75 Å². The molecule has 0 amide bonds. The van der Waals surface area contributed by atoms with Gasteiger partial charge in [0, 0.05) is 0 Å². The lowest BCUT2D eigenvalue weighted by molar-refractivity contribution is 0.0464. The van der Waals surface area contributed by atoms with Crippen LogP contribution in [0.1, 0.15) is 16.2 Å². The fraction of sp³-hybridized carbons (Fsp3) is 0.0909. The molecule has 4 aromatic rings. The average molecular weight is 401 g/mol. The lowest BCUT2D eigenvalue weighted by Crippen LogP contribution is -2.11. The molecule has 0 spiro atoms. The number of fused-ring (bicyclic) bond motifs is 1. The van der Waals surface area contributed by atoms with Crippen molar-refractivity contribution >= 4 is 34.3 Å². The first-order valence-corrected chi connectivity index (χ1v) is 9.19. The smallest absolute Gasteiger partial charge is 0.339 e. The fourth-order valence-corrected chi connectivity index (χ4v) is 3.04. The number of anilines is 3. The van der Waals surface area contributed by atoms with Crippen LogP contribution >= 0.6 is 0 Å². The number of nitrogens with two attached hydrogens (primary N) is 1. The van der Waals surface area contributed by atoms with Gasteiger partial charge in [-0.25, -0.2) is 4.79 Å². The summed E-state index contributed by atoms with van der Waals surface area (Å²) in [4.78, 5) is 25.0. The van der Waals surface area contributed by atoms with Gasteiger partial charge in [0.15, 0.2) is 12.4 Å². The van der Waals surface area contributed by atoms with Crippen LogP contribution in [0.4, 0.5) is 17.6 Å². The average Bonchev–Trinajstić information content (AvgIpc) is 2.77. The second-order valence-corrected chi connectivity index (χ2v) is 6.36. The summed E-state index contributed by atoms with van der Waals surface area (Å²) in [7, 11) is 1.57. The quantitative estimate of drug-likeness (QED) is 0.470. The van der Waals surface area contributed by atoms with E-state index in [0.717, 1.165) is 10.8 Å². The van der Waals surface area contributed by atoms with Crippen molar-refractivity contribution in [1.82, 2.24) is 15.0 Å². The van der Waals surface area contributed by atoms with E-state index in [1.165, 1.54) is 0 Å². The van der Waals surface area contributed by atoms with E-state index in [1.54, 1.807) is 19.2 Å². The van der Waals surface area contributed by atoms with Gasteiger partial charge in [-0.05, 0) is 29.0 Å². The van der Waals surface area contributed by atoms with Crippen molar-refractivity contribution in [3.8, 4) is 5.75 Å². The molecule has 8 nitrogen and oxygen atoms in total. The van der Waals surface area contributed by atoms with Gasteiger partial charge in [-0.1, -0.05) is 48.5 Å². The molecule has 4 rings (SSSR count). The third-order valence-electron chi connectivity index (χ3n) is 4.39. The van der Waals surface area contributed by atoms with Gasteiger partial charge < -0.3 is 20.5 Å². The number of nitrogens with one attached hydrogen (secondary N) is 1. The normalized spacial score (nSPS) is 10.6. The van der Waals surface area contributed by atoms with E-state index in [9.17, 15) is 4.79 Å². The molecule has 0 saturated heterocycles. The van der Waals surface area contributed by atoms with Gasteiger partial charge >= 0.3 is 5.97 Å². The predicted octanol–water partition coefficient (Wildman–Crippen LogP) is 3.72. The minimum absolute atomic E-state index is 0.0126. The molecule has 0 aliphatic heterocycles. The lowest BCUT2D eigenvalue weighted by Gasteiger charge is -2.11.